The molecule has 0 aliphatic rings. The van der Waals surface area contributed by atoms with Gasteiger partial charge < -0.3 is 5.32 Å². The van der Waals surface area contributed by atoms with Gasteiger partial charge in [-0.2, -0.15) is 0 Å². The first-order valence-corrected chi connectivity index (χ1v) is 5.53. The Morgan fingerprint density at radius 3 is 2.62 bits per heavy atom. The Balaban J connectivity index is 2.23. The molecule has 16 heavy (non-hydrogen) atoms. The van der Waals surface area contributed by atoms with Crippen LogP contribution in [0.2, 0.25) is 5.15 Å². The zero-order valence-electron chi connectivity index (χ0n) is 7.92. The molecule has 6 heteroatoms. The van der Waals surface area contributed by atoms with Crippen LogP contribution in [-0.4, -0.2) is 10.2 Å². The van der Waals surface area contributed by atoms with Crippen molar-refractivity contribution in [3.05, 3.63) is 45.8 Å². The molecule has 1 aromatic carbocycles. The normalized spacial score (nSPS) is 10.2. The van der Waals surface area contributed by atoms with Crippen molar-refractivity contribution in [2.24, 2.45) is 0 Å². The van der Waals surface area contributed by atoms with E-state index in [1.807, 2.05) is 0 Å². The van der Waals surface area contributed by atoms with Crippen LogP contribution in [0.4, 0.5) is 15.9 Å². The van der Waals surface area contributed by atoms with E-state index < -0.39 is 0 Å². The number of hydrogen-bond donors (Lipinski definition) is 1. The standard InChI is InChI=1S/C10H6BrClFN3/c11-6-1-2-8(7(13)5-6)14-10-4-3-9(12)15-16-10/h1-5H,(H,14,16). The minimum atomic E-state index is -0.369. The molecule has 0 bridgehead atoms. The summed E-state index contributed by atoms with van der Waals surface area (Å²) in [5.74, 6) is 0.0664. The van der Waals surface area contributed by atoms with Gasteiger partial charge in [-0.1, -0.05) is 27.5 Å². The molecular formula is C10H6BrClFN3. The third-order valence-electron chi connectivity index (χ3n) is 1.83. The highest BCUT2D eigenvalue weighted by molar-refractivity contribution is 9.10. The zero-order chi connectivity index (χ0) is 11.5. The summed E-state index contributed by atoms with van der Waals surface area (Å²) in [5, 5.41) is 10.5. The van der Waals surface area contributed by atoms with Crippen LogP contribution in [-0.2, 0) is 0 Å². The van der Waals surface area contributed by atoms with Crippen LogP contribution in [0.15, 0.2) is 34.8 Å². The Morgan fingerprint density at radius 2 is 2.00 bits per heavy atom. The third-order valence-corrected chi connectivity index (χ3v) is 2.52. The molecule has 3 nitrogen and oxygen atoms in total. The number of anilines is 2. The minimum absolute atomic E-state index is 0.293. The minimum Gasteiger partial charge on any atom is -0.336 e. The molecule has 1 heterocycles. The highest BCUT2D eigenvalue weighted by Crippen LogP contribution is 2.22. The van der Waals surface area contributed by atoms with Gasteiger partial charge in [0, 0.05) is 4.47 Å². The van der Waals surface area contributed by atoms with E-state index in [2.05, 4.69) is 31.4 Å². The van der Waals surface area contributed by atoms with Crippen molar-refractivity contribution in [3.8, 4) is 0 Å². The van der Waals surface area contributed by atoms with Gasteiger partial charge in [-0.15, -0.1) is 10.2 Å². The quantitative estimate of drug-likeness (QED) is 0.917. The molecule has 0 radical (unpaired) electrons. The molecule has 1 aromatic heterocycles. The van der Waals surface area contributed by atoms with Crippen LogP contribution >= 0.6 is 27.5 Å². The van der Waals surface area contributed by atoms with E-state index in [1.165, 1.54) is 6.07 Å². The first-order valence-electron chi connectivity index (χ1n) is 4.36. The predicted molar refractivity (Wildman–Crippen MR) is 64.4 cm³/mol. The average molecular weight is 303 g/mol. The topological polar surface area (TPSA) is 37.8 Å². The number of nitrogens with zero attached hydrogens (tertiary/aromatic N) is 2. The van der Waals surface area contributed by atoms with Crippen LogP contribution < -0.4 is 5.32 Å². The maximum Gasteiger partial charge on any atom is 0.153 e. The lowest BCUT2D eigenvalue weighted by Crippen LogP contribution is -1.97. The summed E-state index contributed by atoms with van der Waals surface area (Å²) in [6, 6.07) is 7.90. The van der Waals surface area contributed by atoms with Gasteiger partial charge in [-0.3, -0.25) is 0 Å². The molecule has 0 aliphatic heterocycles. The fourth-order valence-electron chi connectivity index (χ4n) is 1.11. The number of hydrogen-bond acceptors (Lipinski definition) is 3. The van der Waals surface area contributed by atoms with E-state index in [1.54, 1.807) is 24.3 Å². The monoisotopic (exact) mass is 301 g/mol. The van der Waals surface area contributed by atoms with Crippen LogP contribution in [0.5, 0.6) is 0 Å². The van der Waals surface area contributed by atoms with Crippen LogP contribution in [0, 0.1) is 5.82 Å². The first-order chi connectivity index (χ1) is 7.65. The van der Waals surface area contributed by atoms with Gasteiger partial charge in [-0.25, -0.2) is 4.39 Å². The molecule has 0 saturated heterocycles. The highest BCUT2D eigenvalue weighted by Gasteiger charge is 2.03. The Morgan fingerprint density at radius 1 is 1.19 bits per heavy atom. The molecule has 0 atom stereocenters. The lowest BCUT2D eigenvalue weighted by molar-refractivity contribution is 0.631. The van der Waals surface area contributed by atoms with Gasteiger partial charge >= 0.3 is 0 Å². The average Bonchev–Trinajstić information content (AvgIpc) is 2.25. The van der Waals surface area contributed by atoms with E-state index in [0.29, 0.717) is 21.1 Å². The van der Waals surface area contributed by atoms with Crippen molar-refractivity contribution in [2.45, 2.75) is 0 Å². The number of rotatable bonds is 2. The first kappa shape index (κ1) is 11.3. The van der Waals surface area contributed by atoms with Crippen molar-refractivity contribution in [1.29, 1.82) is 0 Å². The summed E-state index contributed by atoms with van der Waals surface area (Å²) >= 11 is 8.76. The van der Waals surface area contributed by atoms with E-state index >= 15 is 0 Å². The Labute approximate surface area is 105 Å². The van der Waals surface area contributed by atoms with Crippen molar-refractivity contribution >= 4 is 39.0 Å². The second kappa shape index (κ2) is 4.76. The number of halogens is 3. The Hall–Kier alpha value is -1.20. The second-order valence-electron chi connectivity index (χ2n) is 2.99. The third kappa shape index (κ3) is 2.68. The summed E-state index contributed by atoms with van der Waals surface area (Å²) in [6.45, 7) is 0. The van der Waals surface area contributed by atoms with Gasteiger partial charge in [0.25, 0.3) is 0 Å². The summed E-state index contributed by atoms with van der Waals surface area (Å²) < 4.78 is 14.1. The molecule has 1 N–H and O–H groups in total. The SMILES string of the molecule is Fc1cc(Br)ccc1Nc1ccc(Cl)nn1. The van der Waals surface area contributed by atoms with Crippen LogP contribution in [0.1, 0.15) is 0 Å². The fraction of sp³-hybridized carbons (Fsp3) is 0. The van der Waals surface area contributed by atoms with Crippen molar-refractivity contribution in [1.82, 2.24) is 10.2 Å². The smallest absolute Gasteiger partial charge is 0.153 e. The molecule has 0 aliphatic carbocycles. The Kier molecular flexibility index (Phi) is 3.36. The Bertz CT molecular complexity index is 504. The molecule has 82 valence electrons. The lowest BCUT2D eigenvalue weighted by atomic mass is 10.3. The number of nitrogens with one attached hydrogen (secondary N) is 1. The largest absolute Gasteiger partial charge is 0.336 e. The maximum atomic E-state index is 13.4. The van der Waals surface area contributed by atoms with Gasteiger partial charge in [0.05, 0.1) is 5.69 Å². The zero-order valence-corrected chi connectivity index (χ0v) is 10.3. The fourth-order valence-corrected chi connectivity index (χ4v) is 1.55. The van der Waals surface area contributed by atoms with Gasteiger partial charge in [-0.05, 0) is 30.3 Å². The summed E-state index contributed by atoms with van der Waals surface area (Å²) in [5.41, 5.74) is 0.333. The molecular weight excluding hydrogens is 296 g/mol. The van der Waals surface area contributed by atoms with E-state index in [4.69, 9.17) is 11.6 Å². The second-order valence-corrected chi connectivity index (χ2v) is 4.29. The molecule has 2 rings (SSSR count). The van der Waals surface area contributed by atoms with E-state index in [9.17, 15) is 4.39 Å². The van der Waals surface area contributed by atoms with Gasteiger partial charge in [0.15, 0.2) is 11.0 Å². The number of aromatic nitrogens is 2. The van der Waals surface area contributed by atoms with Crippen LogP contribution in [0.25, 0.3) is 0 Å². The van der Waals surface area contributed by atoms with Gasteiger partial charge in [0.1, 0.15) is 5.82 Å². The number of benzene rings is 1. The molecule has 0 spiro atoms. The van der Waals surface area contributed by atoms with Crippen LogP contribution in [0.3, 0.4) is 0 Å². The van der Waals surface area contributed by atoms with Crippen molar-refractivity contribution in [2.75, 3.05) is 5.32 Å². The molecule has 0 saturated carbocycles. The predicted octanol–water partition coefficient (Wildman–Crippen LogP) is 3.78. The van der Waals surface area contributed by atoms with Crippen molar-refractivity contribution < 1.29 is 4.39 Å². The van der Waals surface area contributed by atoms with Crippen molar-refractivity contribution in [3.63, 3.8) is 0 Å². The van der Waals surface area contributed by atoms with Gasteiger partial charge in [0.2, 0.25) is 0 Å². The summed E-state index contributed by atoms with van der Waals surface area (Å²) in [6.07, 6.45) is 0. The molecule has 0 fully saturated rings. The summed E-state index contributed by atoms with van der Waals surface area (Å²) in [4.78, 5) is 0. The van der Waals surface area contributed by atoms with E-state index in [0.717, 1.165) is 0 Å². The maximum absolute atomic E-state index is 13.4. The summed E-state index contributed by atoms with van der Waals surface area (Å²) in [7, 11) is 0. The molecule has 0 amide bonds. The lowest BCUT2D eigenvalue weighted by Gasteiger charge is -2.05. The highest BCUT2D eigenvalue weighted by atomic mass is 79.9. The molecule has 0 unspecified atom stereocenters. The molecule has 2 aromatic rings. The van der Waals surface area contributed by atoms with E-state index in [-0.39, 0.29) is 5.82 Å².